The van der Waals surface area contributed by atoms with Crippen molar-refractivity contribution in [2.24, 2.45) is 0 Å². The summed E-state index contributed by atoms with van der Waals surface area (Å²) >= 11 is 0. The Kier molecular flexibility index (Phi) is 16.8. The summed E-state index contributed by atoms with van der Waals surface area (Å²) in [7, 11) is 0. The quantitative estimate of drug-likeness (QED) is 0.125. The normalized spacial score (nSPS) is 31.2. The molecular weight excluding hydrogens is 604 g/mol. The first-order valence-electron chi connectivity index (χ1n) is 14.5. The Balaban J connectivity index is 0.000000487. The van der Waals surface area contributed by atoms with Gasteiger partial charge in [-0.15, -0.1) is 0 Å². The number of hydrogen-bond donors (Lipinski definition) is 5. The summed E-state index contributed by atoms with van der Waals surface area (Å²) in [6.07, 6.45) is -9.07. The molecule has 260 valence electrons. The van der Waals surface area contributed by atoms with E-state index < -0.39 is 91.7 Å². The number of ether oxygens (including phenoxy) is 7. The second kappa shape index (κ2) is 18.9. The minimum atomic E-state index is -1.28. The van der Waals surface area contributed by atoms with E-state index in [1.165, 1.54) is 34.6 Å². The van der Waals surface area contributed by atoms with Crippen LogP contribution in [0.25, 0.3) is 0 Å². The van der Waals surface area contributed by atoms with Crippen LogP contribution >= 0.6 is 0 Å². The molecule has 0 saturated carbocycles. The second-order valence-electron chi connectivity index (χ2n) is 11.0. The first-order valence-corrected chi connectivity index (χ1v) is 14.5. The highest BCUT2D eigenvalue weighted by molar-refractivity contribution is 5.74. The molecule has 17 nitrogen and oxygen atoms in total. The molecule has 0 spiro atoms. The van der Waals surface area contributed by atoms with Crippen molar-refractivity contribution in [1.29, 1.82) is 0 Å². The molecular formula is C28H48N2O15. The summed E-state index contributed by atoms with van der Waals surface area (Å²) in [4.78, 5) is 57.1. The van der Waals surface area contributed by atoms with Crippen LogP contribution in [0, 0.1) is 0 Å². The molecule has 0 bridgehead atoms. The SMILES string of the molecule is CC(=O)N[C@H]1[C@H](OC(C)C)O[C@H](CO)[C@H](O)[C@@H]1O.CC(=O)N[C@H]1[C@H](OC(C)C)O[C@H](COC(C)=O)[C@H](OC(C)=O)[C@@H]1OC(C)=O. The molecule has 2 saturated heterocycles. The lowest BCUT2D eigenvalue weighted by molar-refractivity contribution is -0.285. The van der Waals surface area contributed by atoms with E-state index in [4.69, 9.17) is 38.3 Å². The largest absolute Gasteiger partial charge is 0.463 e. The van der Waals surface area contributed by atoms with Gasteiger partial charge >= 0.3 is 17.9 Å². The van der Waals surface area contributed by atoms with Crippen LogP contribution in [0.1, 0.15) is 62.3 Å². The number of aliphatic hydroxyl groups excluding tert-OH is 3. The van der Waals surface area contributed by atoms with Gasteiger partial charge in [-0.25, -0.2) is 0 Å². The van der Waals surface area contributed by atoms with Gasteiger partial charge in [-0.1, -0.05) is 0 Å². The van der Waals surface area contributed by atoms with Gasteiger partial charge in [0.2, 0.25) is 11.8 Å². The average molecular weight is 653 g/mol. The van der Waals surface area contributed by atoms with Gasteiger partial charge in [0.1, 0.15) is 43.1 Å². The zero-order chi connectivity index (χ0) is 34.6. The first kappa shape index (κ1) is 40.1. The minimum absolute atomic E-state index is 0.187. The zero-order valence-corrected chi connectivity index (χ0v) is 27.1. The van der Waals surface area contributed by atoms with Crippen LogP contribution in [0.3, 0.4) is 0 Å². The summed E-state index contributed by atoms with van der Waals surface area (Å²) in [5.41, 5.74) is 0. The summed E-state index contributed by atoms with van der Waals surface area (Å²) in [6.45, 7) is 12.5. The predicted molar refractivity (Wildman–Crippen MR) is 152 cm³/mol. The van der Waals surface area contributed by atoms with E-state index in [1.54, 1.807) is 27.7 Å². The molecule has 2 heterocycles. The molecule has 0 aromatic rings. The van der Waals surface area contributed by atoms with Crippen LogP contribution in [-0.2, 0) is 57.1 Å². The Morgan fingerprint density at radius 2 is 1.11 bits per heavy atom. The zero-order valence-electron chi connectivity index (χ0n) is 27.1. The predicted octanol–water partition coefficient (Wildman–Crippen LogP) is -1.58. The Hall–Kier alpha value is -2.93. The van der Waals surface area contributed by atoms with Crippen LogP contribution in [0.4, 0.5) is 0 Å². The van der Waals surface area contributed by atoms with Crippen molar-refractivity contribution in [3.05, 3.63) is 0 Å². The van der Waals surface area contributed by atoms with Crippen molar-refractivity contribution in [2.75, 3.05) is 13.2 Å². The minimum Gasteiger partial charge on any atom is -0.463 e. The van der Waals surface area contributed by atoms with Crippen LogP contribution in [-0.4, -0.2) is 132 Å². The molecule has 45 heavy (non-hydrogen) atoms. The van der Waals surface area contributed by atoms with Gasteiger partial charge in [-0.05, 0) is 27.7 Å². The summed E-state index contributed by atoms with van der Waals surface area (Å²) < 4.78 is 37.9. The smallest absolute Gasteiger partial charge is 0.303 e. The third-order valence-corrected chi connectivity index (χ3v) is 6.13. The number of rotatable bonds is 11. The van der Waals surface area contributed by atoms with Crippen molar-refractivity contribution in [3.8, 4) is 0 Å². The van der Waals surface area contributed by atoms with E-state index >= 15 is 0 Å². The Bertz CT molecular complexity index is 993. The molecule has 0 aliphatic carbocycles. The van der Waals surface area contributed by atoms with E-state index in [2.05, 4.69) is 10.6 Å². The van der Waals surface area contributed by atoms with E-state index in [9.17, 15) is 34.2 Å². The molecule has 10 atom stereocenters. The molecule has 0 aromatic heterocycles. The topological polar surface area (TPSA) is 235 Å². The Labute approximate surface area is 262 Å². The Morgan fingerprint density at radius 1 is 0.667 bits per heavy atom. The number of amides is 2. The van der Waals surface area contributed by atoms with Crippen molar-refractivity contribution in [3.63, 3.8) is 0 Å². The molecule has 2 fully saturated rings. The van der Waals surface area contributed by atoms with E-state index in [-0.39, 0.29) is 24.7 Å². The van der Waals surface area contributed by atoms with Crippen LogP contribution in [0.15, 0.2) is 0 Å². The number of esters is 3. The van der Waals surface area contributed by atoms with Gasteiger partial charge in [0.15, 0.2) is 24.8 Å². The molecule has 0 aromatic carbocycles. The summed E-state index contributed by atoms with van der Waals surface area (Å²) in [5.74, 6) is -2.65. The molecule has 17 heteroatoms. The monoisotopic (exact) mass is 652 g/mol. The fraction of sp³-hybridized carbons (Fsp3) is 0.821. The lowest BCUT2D eigenvalue weighted by Gasteiger charge is -2.45. The van der Waals surface area contributed by atoms with Crippen molar-refractivity contribution in [1.82, 2.24) is 10.6 Å². The molecule has 2 aliphatic rings. The van der Waals surface area contributed by atoms with Gasteiger partial charge in [0.05, 0.1) is 18.8 Å². The highest BCUT2D eigenvalue weighted by atomic mass is 16.7. The molecule has 2 rings (SSSR count). The highest BCUT2D eigenvalue weighted by Gasteiger charge is 2.51. The number of aliphatic hydroxyl groups is 3. The molecule has 2 aliphatic heterocycles. The van der Waals surface area contributed by atoms with Gasteiger partial charge in [0, 0.05) is 34.6 Å². The standard InChI is InChI=1S/C17H27NO9.C11H21NO6/c1-8(2)24-17-14(18-9(3)19)16(26-12(6)22)15(25-11(5)21)13(27-17)7-23-10(4)20;1-5(2)17-11-8(12-6(3)14)10(16)9(15)7(4-13)18-11/h8,13-17H,7H2,1-6H3,(H,18,19);5,7-11,13,15-16H,4H2,1-3H3,(H,12,14)/t13-,14-,15+,16-,17-;7-,8-,9+,10-,11-/m11/s1. The van der Waals surface area contributed by atoms with Crippen LogP contribution in [0.5, 0.6) is 0 Å². The number of hydrogen-bond acceptors (Lipinski definition) is 15. The molecule has 0 radical (unpaired) electrons. The fourth-order valence-electron chi connectivity index (χ4n) is 4.53. The number of carbonyl (C=O) groups is 5. The first-order chi connectivity index (χ1) is 20.9. The van der Waals surface area contributed by atoms with Gasteiger partial charge in [-0.3, -0.25) is 24.0 Å². The number of nitrogens with one attached hydrogen (secondary N) is 2. The summed E-state index contributed by atoms with van der Waals surface area (Å²) in [6, 6.07) is -1.81. The van der Waals surface area contributed by atoms with E-state index in [0.717, 1.165) is 0 Å². The van der Waals surface area contributed by atoms with Gasteiger partial charge in [-0.2, -0.15) is 0 Å². The van der Waals surface area contributed by atoms with Crippen molar-refractivity contribution >= 4 is 29.7 Å². The lowest BCUT2D eigenvalue weighted by Crippen LogP contribution is -2.66. The van der Waals surface area contributed by atoms with Gasteiger partial charge in [0.25, 0.3) is 0 Å². The average Bonchev–Trinajstić information content (AvgIpc) is 2.89. The van der Waals surface area contributed by atoms with Crippen molar-refractivity contribution < 1.29 is 72.5 Å². The maximum Gasteiger partial charge on any atom is 0.303 e. The number of carbonyl (C=O) groups excluding carboxylic acids is 5. The molecule has 0 unspecified atom stereocenters. The van der Waals surface area contributed by atoms with Crippen molar-refractivity contribution in [2.45, 2.75) is 136 Å². The van der Waals surface area contributed by atoms with Gasteiger partial charge < -0.3 is 59.1 Å². The third-order valence-electron chi connectivity index (χ3n) is 6.13. The van der Waals surface area contributed by atoms with Crippen LogP contribution < -0.4 is 10.6 Å². The lowest BCUT2D eigenvalue weighted by atomic mass is 9.96. The second-order valence-corrected chi connectivity index (χ2v) is 11.0. The van der Waals surface area contributed by atoms with Crippen LogP contribution in [0.2, 0.25) is 0 Å². The maximum absolute atomic E-state index is 11.7. The summed E-state index contributed by atoms with van der Waals surface area (Å²) in [5, 5.41) is 33.8. The highest BCUT2D eigenvalue weighted by Crippen LogP contribution is 2.28. The fourth-order valence-corrected chi connectivity index (χ4v) is 4.53. The molecule has 5 N–H and O–H groups in total. The third kappa shape index (κ3) is 13.5. The van der Waals surface area contributed by atoms with E-state index in [0.29, 0.717) is 0 Å². The molecule has 2 amide bonds. The maximum atomic E-state index is 11.7. The van der Waals surface area contributed by atoms with E-state index in [1.807, 2.05) is 0 Å². The Morgan fingerprint density at radius 3 is 1.53 bits per heavy atom.